The summed E-state index contributed by atoms with van der Waals surface area (Å²) in [6, 6.07) is 2.54. The Morgan fingerprint density at radius 2 is 1.77 bits per heavy atom. The smallest absolute Gasteiger partial charge is 0.324 e. The van der Waals surface area contributed by atoms with E-state index in [0.717, 1.165) is 25.8 Å². The Labute approximate surface area is 168 Å². The Hall–Kier alpha value is -3.35. The van der Waals surface area contributed by atoms with Crippen molar-refractivity contribution in [2.75, 3.05) is 11.1 Å². The molecule has 0 saturated heterocycles. The summed E-state index contributed by atoms with van der Waals surface area (Å²) in [5.74, 6) is -3.33. The van der Waals surface area contributed by atoms with E-state index < -0.39 is 56.0 Å². The van der Waals surface area contributed by atoms with Gasteiger partial charge in [-0.05, 0) is 12.1 Å². The fraction of sp³-hybridized carbons (Fsp3) is 0.294. The van der Waals surface area contributed by atoms with Crippen molar-refractivity contribution in [3.63, 3.8) is 0 Å². The largest absolute Gasteiger partial charge is 0.332 e. The highest BCUT2D eigenvalue weighted by atomic mass is 32.2. The second kappa shape index (κ2) is 7.48. The molecule has 30 heavy (non-hydrogen) atoms. The van der Waals surface area contributed by atoms with E-state index in [2.05, 4.69) is 10.3 Å². The van der Waals surface area contributed by atoms with Gasteiger partial charge in [0.25, 0.3) is 5.56 Å². The fourth-order valence-electron chi connectivity index (χ4n) is 2.96. The van der Waals surface area contributed by atoms with Crippen molar-refractivity contribution in [2.45, 2.75) is 11.6 Å². The lowest BCUT2D eigenvalue weighted by Crippen LogP contribution is -2.37. The van der Waals surface area contributed by atoms with Crippen LogP contribution in [0.4, 0.5) is 14.5 Å². The normalized spacial score (nSPS) is 11.8. The highest BCUT2D eigenvalue weighted by molar-refractivity contribution is 7.91. The van der Waals surface area contributed by atoms with Crippen LogP contribution in [0.3, 0.4) is 0 Å². The van der Waals surface area contributed by atoms with Crippen LogP contribution in [0.15, 0.2) is 32.9 Å². The first-order valence-corrected chi connectivity index (χ1v) is 10.2. The van der Waals surface area contributed by atoms with Crippen molar-refractivity contribution in [3.05, 3.63) is 50.7 Å². The number of anilines is 1. The van der Waals surface area contributed by atoms with Crippen molar-refractivity contribution < 1.29 is 22.0 Å². The second-order valence-corrected chi connectivity index (χ2v) is 8.58. The molecule has 2 heterocycles. The van der Waals surface area contributed by atoms with E-state index >= 15 is 0 Å². The monoisotopic (exact) mass is 441 g/mol. The van der Waals surface area contributed by atoms with E-state index in [1.807, 2.05) is 0 Å². The summed E-state index contributed by atoms with van der Waals surface area (Å²) >= 11 is 0. The standard InChI is InChI=1S/C17H17F2N5O5S/c1-22-14-13(15(26)24(3)17(27)23(14)2)21-16(22)30(28,29)7-6-12(25)20-11-5-4-9(18)8-10(11)19/h4-5,8H,6-7H2,1-3H3,(H,20,25). The lowest BCUT2D eigenvalue weighted by Gasteiger charge is -2.08. The Bertz CT molecular complexity index is 1400. The zero-order valence-corrected chi connectivity index (χ0v) is 17.0. The van der Waals surface area contributed by atoms with Gasteiger partial charge in [0.05, 0.1) is 11.4 Å². The molecule has 1 amide bonds. The summed E-state index contributed by atoms with van der Waals surface area (Å²) in [4.78, 5) is 40.3. The molecular weight excluding hydrogens is 424 g/mol. The third-order valence-corrected chi connectivity index (χ3v) is 6.17. The summed E-state index contributed by atoms with van der Waals surface area (Å²) in [7, 11) is -0.204. The molecule has 3 aromatic rings. The summed E-state index contributed by atoms with van der Waals surface area (Å²) in [6.07, 6.45) is -0.542. The van der Waals surface area contributed by atoms with Gasteiger partial charge in [-0.3, -0.25) is 18.7 Å². The molecule has 1 aromatic carbocycles. The van der Waals surface area contributed by atoms with Gasteiger partial charge in [-0.25, -0.2) is 27.0 Å². The number of amides is 1. The van der Waals surface area contributed by atoms with Crippen LogP contribution in [0.25, 0.3) is 11.2 Å². The highest BCUT2D eigenvalue weighted by Crippen LogP contribution is 2.18. The maximum atomic E-state index is 13.6. The molecule has 1 N–H and O–H groups in total. The zero-order valence-electron chi connectivity index (χ0n) is 16.1. The average molecular weight is 441 g/mol. The fourth-order valence-corrected chi connectivity index (χ4v) is 4.33. The number of hydrogen-bond donors (Lipinski definition) is 1. The molecule has 0 saturated carbocycles. The number of hydrogen-bond acceptors (Lipinski definition) is 6. The summed E-state index contributed by atoms with van der Waals surface area (Å²) < 4.78 is 54.9. The first kappa shape index (κ1) is 21.4. The van der Waals surface area contributed by atoms with Crippen LogP contribution in [0, 0.1) is 11.6 Å². The van der Waals surface area contributed by atoms with Gasteiger partial charge >= 0.3 is 5.69 Å². The topological polar surface area (TPSA) is 125 Å². The van der Waals surface area contributed by atoms with Gasteiger partial charge in [-0.15, -0.1) is 0 Å². The number of fused-ring (bicyclic) bond motifs is 1. The van der Waals surface area contributed by atoms with Gasteiger partial charge in [-0.1, -0.05) is 0 Å². The predicted molar refractivity (Wildman–Crippen MR) is 103 cm³/mol. The summed E-state index contributed by atoms with van der Waals surface area (Å²) in [5.41, 5.74) is -1.90. The first-order valence-electron chi connectivity index (χ1n) is 8.54. The minimum atomic E-state index is -4.14. The van der Waals surface area contributed by atoms with Crippen molar-refractivity contribution in [3.8, 4) is 0 Å². The number of halogens is 2. The number of benzene rings is 1. The molecule has 2 aromatic heterocycles. The molecule has 160 valence electrons. The van der Waals surface area contributed by atoms with Crippen LogP contribution in [0.2, 0.25) is 0 Å². The Morgan fingerprint density at radius 3 is 2.40 bits per heavy atom. The van der Waals surface area contributed by atoms with E-state index in [0.29, 0.717) is 6.07 Å². The van der Waals surface area contributed by atoms with Gasteiger partial charge in [0.15, 0.2) is 11.2 Å². The molecule has 10 nitrogen and oxygen atoms in total. The van der Waals surface area contributed by atoms with E-state index in [9.17, 15) is 31.6 Å². The van der Waals surface area contributed by atoms with Gasteiger partial charge in [0.1, 0.15) is 11.6 Å². The van der Waals surface area contributed by atoms with Crippen molar-refractivity contribution >= 4 is 32.6 Å². The molecule has 13 heteroatoms. The van der Waals surface area contributed by atoms with Gasteiger partial charge < -0.3 is 9.88 Å². The van der Waals surface area contributed by atoms with Crippen molar-refractivity contribution in [1.82, 2.24) is 18.7 Å². The molecule has 0 aliphatic heterocycles. The maximum absolute atomic E-state index is 13.6. The second-order valence-electron chi connectivity index (χ2n) is 6.57. The predicted octanol–water partition coefficient (Wildman–Crippen LogP) is 0.0514. The van der Waals surface area contributed by atoms with Gasteiger partial charge in [0.2, 0.25) is 20.9 Å². The lowest BCUT2D eigenvalue weighted by molar-refractivity contribution is -0.115. The van der Waals surface area contributed by atoms with Crippen LogP contribution in [0.1, 0.15) is 6.42 Å². The molecule has 0 atom stereocenters. The van der Waals surface area contributed by atoms with Crippen molar-refractivity contribution in [1.29, 1.82) is 0 Å². The molecule has 0 unspecified atom stereocenters. The number of nitrogens with zero attached hydrogens (tertiary/aromatic N) is 4. The van der Waals surface area contributed by atoms with Crippen LogP contribution in [-0.4, -0.2) is 38.8 Å². The Balaban J connectivity index is 1.88. The average Bonchev–Trinajstić information content (AvgIpc) is 3.03. The third kappa shape index (κ3) is 3.63. The minimum absolute atomic E-state index is 0.0134. The highest BCUT2D eigenvalue weighted by Gasteiger charge is 2.26. The molecule has 0 aliphatic carbocycles. The molecule has 3 rings (SSSR count). The van der Waals surface area contributed by atoms with E-state index in [1.54, 1.807) is 0 Å². The van der Waals surface area contributed by atoms with E-state index in [-0.39, 0.29) is 16.9 Å². The molecule has 0 spiro atoms. The zero-order chi connectivity index (χ0) is 22.4. The Morgan fingerprint density at radius 1 is 1.10 bits per heavy atom. The summed E-state index contributed by atoms with van der Waals surface area (Å²) in [5, 5.41) is 1.68. The number of sulfone groups is 1. The Kier molecular flexibility index (Phi) is 5.33. The number of rotatable bonds is 5. The SMILES string of the molecule is Cn1c(=O)c2nc(S(=O)(=O)CCC(=O)Nc3ccc(F)cc3F)n(C)c2n(C)c1=O. The van der Waals surface area contributed by atoms with Gasteiger partial charge in [0, 0.05) is 33.6 Å². The number of imidazole rings is 1. The first-order chi connectivity index (χ1) is 13.9. The number of aromatic nitrogens is 4. The minimum Gasteiger partial charge on any atom is -0.324 e. The van der Waals surface area contributed by atoms with Crippen LogP contribution < -0.4 is 16.6 Å². The molecule has 0 aliphatic rings. The van der Waals surface area contributed by atoms with Crippen LogP contribution in [-0.2, 0) is 35.8 Å². The molecule has 0 bridgehead atoms. The van der Waals surface area contributed by atoms with Crippen LogP contribution in [0.5, 0.6) is 0 Å². The quantitative estimate of drug-likeness (QED) is 0.597. The van der Waals surface area contributed by atoms with Crippen molar-refractivity contribution in [2.24, 2.45) is 21.1 Å². The molecular formula is C17H17F2N5O5S. The summed E-state index contributed by atoms with van der Waals surface area (Å²) in [6.45, 7) is 0. The third-order valence-electron chi connectivity index (χ3n) is 4.50. The molecule has 0 radical (unpaired) electrons. The number of aryl methyl sites for hydroxylation is 2. The lowest BCUT2D eigenvalue weighted by atomic mass is 10.3. The maximum Gasteiger partial charge on any atom is 0.332 e. The van der Waals surface area contributed by atoms with E-state index in [4.69, 9.17) is 0 Å². The number of carbonyl (C=O) groups is 1. The number of carbonyl (C=O) groups excluding carboxylic acids is 1. The van der Waals surface area contributed by atoms with E-state index in [1.165, 1.54) is 21.1 Å². The van der Waals surface area contributed by atoms with Crippen LogP contribution >= 0.6 is 0 Å². The van der Waals surface area contributed by atoms with Gasteiger partial charge in [-0.2, -0.15) is 0 Å². The number of nitrogens with one attached hydrogen (secondary N) is 1. The molecule has 0 fully saturated rings.